The van der Waals surface area contributed by atoms with Crippen LogP contribution in [0.2, 0.25) is 0 Å². The Hall–Kier alpha value is -1.42. The summed E-state index contributed by atoms with van der Waals surface area (Å²) in [6, 6.07) is 3.91. The monoisotopic (exact) mass is 261 g/mol. The van der Waals surface area contributed by atoms with Crippen molar-refractivity contribution in [3.63, 3.8) is 0 Å². The molecule has 0 aliphatic heterocycles. The number of nitrogens with zero attached hydrogens (tertiary/aromatic N) is 1. The lowest BCUT2D eigenvalue weighted by molar-refractivity contribution is 0.0916. The Morgan fingerprint density at radius 2 is 2.11 bits per heavy atom. The maximum Gasteiger partial charge on any atom is 0.270 e. The number of nitrogens with one attached hydrogen (secondary N) is 1. The number of pyridine rings is 1. The lowest BCUT2D eigenvalue weighted by Crippen LogP contribution is -2.37. The molecule has 0 atom stereocenters. The molecule has 0 spiro atoms. The van der Waals surface area contributed by atoms with Gasteiger partial charge < -0.3 is 11.1 Å². The smallest absolute Gasteiger partial charge is 0.270 e. The zero-order chi connectivity index (χ0) is 13.7. The molecular weight excluding hydrogens is 238 g/mol. The molecular formula is C15H23N3O. The van der Waals surface area contributed by atoms with Gasteiger partial charge in [0.2, 0.25) is 0 Å². The number of nitrogens with two attached hydrogens (primary N) is 1. The predicted octanol–water partition coefficient (Wildman–Crippen LogP) is 2.24. The molecule has 1 heterocycles. The minimum absolute atomic E-state index is 0.0662. The normalized spacial score (nSPS) is 23.1. The van der Waals surface area contributed by atoms with Crippen LogP contribution in [-0.4, -0.2) is 16.9 Å². The highest BCUT2D eigenvalue weighted by Gasteiger charge is 2.21. The average Bonchev–Trinajstić information content (AvgIpc) is 2.48. The van der Waals surface area contributed by atoms with Crippen molar-refractivity contribution < 1.29 is 4.79 Å². The molecule has 1 aliphatic rings. The van der Waals surface area contributed by atoms with Crippen molar-refractivity contribution >= 4 is 5.91 Å². The van der Waals surface area contributed by atoms with E-state index < -0.39 is 0 Å². The van der Waals surface area contributed by atoms with Gasteiger partial charge in [-0.05, 0) is 43.2 Å². The zero-order valence-corrected chi connectivity index (χ0v) is 11.6. The molecule has 1 aliphatic carbocycles. The third-order valence-electron chi connectivity index (χ3n) is 4.05. The first-order chi connectivity index (χ1) is 9.22. The van der Waals surface area contributed by atoms with Crippen molar-refractivity contribution in [2.45, 2.75) is 51.6 Å². The lowest BCUT2D eigenvalue weighted by atomic mass is 9.84. The molecule has 104 valence electrons. The maximum atomic E-state index is 12.1. The first kappa shape index (κ1) is 14.0. The van der Waals surface area contributed by atoms with E-state index in [1.807, 2.05) is 6.07 Å². The molecule has 1 amide bonds. The van der Waals surface area contributed by atoms with E-state index in [9.17, 15) is 4.79 Å². The summed E-state index contributed by atoms with van der Waals surface area (Å²) in [5.74, 6) is 0.777. The molecule has 4 heteroatoms. The summed E-state index contributed by atoms with van der Waals surface area (Å²) in [7, 11) is 0. The molecule has 0 saturated heterocycles. The van der Waals surface area contributed by atoms with Crippen molar-refractivity contribution in [1.29, 1.82) is 0 Å². The van der Waals surface area contributed by atoms with Crippen molar-refractivity contribution in [2.24, 2.45) is 11.7 Å². The van der Waals surface area contributed by atoms with Crippen molar-refractivity contribution in [3.05, 3.63) is 29.6 Å². The molecule has 3 N–H and O–H groups in total. The quantitative estimate of drug-likeness (QED) is 0.873. The number of amides is 1. The van der Waals surface area contributed by atoms with Gasteiger partial charge in [0.25, 0.3) is 5.91 Å². The van der Waals surface area contributed by atoms with E-state index in [2.05, 4.69) is 17.2 Å². The fraction of sp³-hybridized carbons (Fsp3) is 0.600. The van der Waals surface area contributed by atoms with E-state index in [4.69, 9.17) is 5.73 Å². The molecule has 19 heavy (non-hydrogen) atoms. The maximum absolute atomic E-state index is 12.1. The van der Waals surface area contributed by atoms with E-state index in [-0.39, 0.29) is 5.91 Å². The molecule has 2 rings (SSSR count). The number of hydrogen-bond donors (Lipinski definition) is 2. The van der Waals surface area contributed by atoms with Gasteiger partial charge >= 0.3 is 0 Å². The van der Waals surface area contributed by atoms with E-state index in [1.165, 1.54) is 19.3 Å². The molecule has 1 aromatic rings. The Labute approximate surface area is 114 Å². The molecule has 0 radical (unpaired) electrons. The van der Waals surface area contributed by atoms with Gasteiger partial charge in [-0.25, -0.2) is 0 Å². The van der Waals surface area contributed by atoms with Gasteiger partial charge in [0.1, 0.15) is 5.69 Å². The van der Waals surface area contributed by atoms with Gasteiger partial charge in [0.05, 0.1) is 0 Å². The fourth-order valence-corrected chi connectivity index (χ4v) is 2.65. The molecule has 1 fully saturated rings. The van der Waals surface area contributed by atoms with Gasteiger partial charge in [0, 0.05) is 18.8 Å². The van der Waals surface area contributed by atoms with Crippen LogP contribution in [-0.2, 0) is 6.54 Å². The van der Waals surface area contributed by atoms with Crippen LogP contribution >= 0.6 is 0 Å². The highest BCUT2D eigenvalue weighted by molar-refractivity contribution is 5.92. The topological polar surface area (TPSA) is 68.0 Å². The number of carbonyl (C=O) groups is 1. The molecule has 1 saturated carbocycles. The summed E-state index contributed by atoms with van der Waals surface area (Å²) in [6.45, 7) is 2.70. The Balaban J connectivity index is 1.87. The largest absolute Gasteiger partial charge is 0.348 e. The van der Waals surface area contributed by atoms with Gasteiger partial charge in [-0.2, -0.15) is 0 Å². The van der Waals surface area contributed by atoms with Crippen LogP contribution in [0.1, 0.15) is 55.1 Å². The Kier molecular flexibility index (Phi) is 4.91. The van der Waals surface area contributed by atoms with Gasteiger partial charge in [0.15, 0.2) is 0 Å². The third kappa shape index (κ3) is 3.77. The average molecular weight is 261 g/mol. The summed E-state index contributed by atoms with van der Waals surface area (Å²) >= 11 is 0. The minimum Gasteiger partial charge on any atom is -0.348 e. The molecule has 1 aromatic heterocycles. The van der Waals surface area contributed by atoms with Crippen molar-refractivity contribution in [1.82, 2.24) is 10.3 Å². The van der Waals surface area contributed by atoms with E-state index in [0.717, 1.165) is 24.3 Å². The van der Waals surface area contributed by atoms with Gasteiger partial charge in [-0.1, -0.05) is 19.4 Å². The fourth-order valence-electron chi connectivity index (χ4n) is 2.65. The number of carbonyl (C=O) groups excluding carboxylic acids is 1. The Morgan fingerprint density at radius 3 is 2.63 bits per heavy atom. The second kappa shape index (κ2) is 6.66. The second-order valence-electron chi connectivity index (χ2n) is 5.36. The molecule has 0 unspecified atom stereocenters. The Morgan fingerprint density at radius 1 is 1.37 bits per heavy atom. The van der Waals surface area contributed by atoms with E-state index in [1.54, 1.807) is 12.3 Å². The van der Waals surface area contributed by atoms with E-state index in [0.29, 0.717) is 18.3 Å². The summed E-state index contributed by atoms with van der Waals surface area (Å²) in [5.41, 5.74) is 6.94. The molecule has 0 bridgehead atoms. The van der Waals surface area contributed by atoms with E-state index >= 15 is 0 Å². The summed E-state index contributed by atoms with van der Waals surface area (Å²) in [5, 5.41) is 3.08. The van der Waals surface area contributed by atoms with Crippen LogP contribution in [0.5, 0.6) is 0 Å². The Bertz CT molecular complexity index is 408. The highest BCUT2D eigenvalue weighted by atomic mass is 16.1. The summed E-state index contributed by atoms with van der Waals surface area (Å²) < 4.78 is 0. The van der Waals surface area contributed by atoms with Crippen molar-refractivity contribution in [2.75, 3.05) is 0 Å². The standard InChI is InChI=1S/C15H23N3O/c1-2-11-3-6-13(7-4-11)18-15(19)14-8-5-12(9-16)10-17-14/h5,8,10-11,13H,2-4,6-7,9,16H2,1H3,(H,18,19). The first-order valence-corrected chi connectivity index (χ1v) is 7.18. The van der Waals surface area contributed by atoms with Crippen LogP contribution in [0, 0.1) is 5.92 Å². The first-order valence-electron chi connectivity index (χ1n) is 7.18. The summed E-state index contributed by atoms with van der Waals surface area (Å²) in [6.07, 6.45) is 7.55. The number of aromatic nitrogens is 1. The SMILES string of the molecule is CCC1CCC(NC(=O)c2ccc(CN)cn2)CC1. The third-order valence-corrected chi connectivity index (χ3v) is 4.05. The zero-order valence-electron chi connectivity index (χ0n) is 11.6. The minimum atomic E-state index is -0.0662. The number of hydrogen-bond acceptors (Lipinski definition) is 3. The van der Waals surface area contributed by atoms with Gasteiger partial charge in [-0.15, -0.1) is 0 Å². The predicted molar refractivity (Wildman–Crippen MR) is 75.6 cm³/mol. The number of rotatable bonds is 4. The lowest BCUT2D eigenvalue weighted by Gasteiger charge is -2.28. The van der Waals surface area contributed by atoms with Crippen LogP contribution < -0.4 is 11.1 Å². The second-order valence-corrected chi connectivity index (χ2v) is 5.36. The van der Waals surface area contributed by atoms with Crippen LogP contribution in [0.4, 0.5) is 0 Å². The van der Waals surface area contributed by atoms with Crippen LogP contribution in [0.15, 0.2) is 18.3 Å². The van der Waals surface area contributed by atoms with Gasteiger partial charge in [-0.3, -0.25) is 9.78 Å². The van der Waals surface area contributed by atoms with Crippen molar-refractivity contribution in [3.8, 4) is 0 Å². The molecule has 0 aromatic carbocycles. The highest BCUT2D eigenvalue weighted by Crippen LogP contribution is 2.26. The van der Waals surface area contributed by atoms with Crippen LogP contribution in [0.25, 0.3) is 0 Å². The summed E-state index contributed by atoms with van der Waals surface area (Å²) in [4.78, 5) is 16.2. The van der Waals surface area contributed by atoms with Crippen LogP contribution in [0.3, 0.4) is 0 Å². The molecule has 4 nitrogen and oxygen atoms in total.